The second-order valence-corrected chi connectivity index (χ2v) is 2.55. The molecule has 2 N–H and O–H groups in total. The quantitative estimate of drug-likeness (QED) is 0.676. The average Bonchev–Trinajstić information content (AvgIpc) is 2.52. The summed E-state index contributed by atoms with van der Waals surface area (Å²) in [6.45, 7) is 5.22. The maximum absolute atomic E-state index is 4.04. The Morgan fingerprint density at radius 2 is 2.55 bits per heavy atom. The first-order valence-electron chi connectivity index (χ1n) is 3.93. The van der Waals surface area contributed by atoms with E-state index in [0.29, 0.717) is 0 Å². The lowest BCUT2D eigenvalue weighted by Crippen LogP contribution is -2.20. The number of hydrogen-bond donors (Lipinski definition) is 2. The molecule has 0 saturated carbocycles. The molecule has 1 unspecified atom stereocenters. The van der Waals surface area contributed by atoms with Crippen LogP contribution in [0.3, 0.4) is 0 Å². The van der Waals surface area contributed by atoms with Crippen LogP contribution in [0.25, 0.3) is 0 Å². The summed E-state index contributed by atoms with van der Waals surface area (Å²) in [5.41, 5.74) is 0. The molecule has 1 rings (SSSR count). The summed E-state index contributed by atoms with van der Waals surface area (Å²) in [6, 6.07) is 0.275. The molecule has 0 bridgehead atoms. The lowest BCUT2D eigenvalue weighted by Gasteiger charge is -2.08. The molecule has 1 heterocycles. The van der Waals surface area contributed by atoms with Gasteiger partial charge in [0, 0.05) is 0 Å². The van der Waals surface area contributed by atoms with Crippen molar-refractivity contribution in [2.24, 2.45) is 0 Å². The van der Waals surface area contributed by atoms with Crippen LogP contribution in [0, 0.1) is 0 Å². The van der Waals surface area contributed by atoms with Crippen LogP contribution in [0.1, 0.15) is 32.1 Å². The van der Waals surface area contributed by atoms with Gasteiger partial charge in [0.15, 0.2) is 0 Å². The van der Waals surface area contributed by atoms with E-state index in [1.165, 1.54) is 6.33 Å². The van der Waals surface area contributed by atoms with E-state index in [2.05, 4.69) is 34.3 Å². The molecule has 0 saturated heterocycles. The average molecular weight is 154 g/mol. The third-order valence-corrected chi connectivity index (χ3v) is 1.54. The van der Waals surface area contributed by atoms with Crippen molar-refractivity contribution in [3.8, 4) is 0 Å². The Morgan fingerprint density at radius 1 is 1.73 bits per heavy atom. The summed E-state index contributed by atoms with van der Waals surface area (Å²) in [6.07, 6.45) is 2.66. The summed E-state index contributed by atoms with van der Waals surface area (Å²) in [4.78, 5) is 4.04. The molecular weight excluding hydrogens is 140 g/mol. The van der Waals surface area contributed by atoms with Crippen molar-refractivity contribution in [1.29, 1.82) is 0 Å². The maximum Gasteiger partial charge on any atom is 0.141 e. The van der Waals surface area contributed by atoms with Gasteiger partial charge in [0.1, 0.15) is 12.2 Å². The van der Waals surface area contributed by atoms with Gasteiger partial charge in [-0.1, -0.05) is 6.92 Å². The molecule has 4 nitrogen and oxygen atoms in total. The van der Waals surface area contributed by atoms with Gasteiger partial charge in [0.05, 0.1) is 6.04 Å². The van der Waals surface area contributed by atoms with Crippen LogP contribution in [0.2, 0.25) is 0 Å². The number of rotatable bonds is 4. The van der Waals surface area contributed by atoms with Crippen molar-refractivity contribution < 1.29 is 0 Å². The van der Waals surface area contributed by atoms with Crippen LogP contribution < -0.4 is 5.32 Å². The fourth-order valence-electron chi connectivity index (χ4n) is 0.881. The van der Waals surface area contributed by atoms with E-state index in [4.69, 9.17) is 0 Å². The number of nitrogens with one attached hydrogen (secondary N) is 2. The van der Waals surface area contributed by atoms with E-state index in [9.17, 15) is 0 Å². The Balaban J connectivity index is 2.36. The molecule has 1 atom stereocenters. The highest BCUT2D eigenvalue weighted by Crippen LogP contribution is 2.02. The predicted molar refractivity (Wildman–Crippen MR) is 43.1 cm³/mol. The zero-order valence-corrected chi connectivity index (χ0v) is 6.96. The van der Waals surface area contributed by atoms with E-state index >= 15 is 0 Å². The molecule has 0 spiro atoms. The van der Waals surface area contributed by atoms with Gasteiger partial charge in [-0.2, -0.15) is 5.10 Å². The van der Waals surface area contributed by atoms with Gasteiger partial charge < -0.3 is 5.32 Å². The minimum Gasteiger partial charge on any atom is -0.308 e. The second-order valence-electron chi connectivity index (χ2n) is 2.55. The van der Waals surface area contributed by atoms with E-state index in [1.54, 1.807) is 0 Å². The van der Waals surface area contributed by atoms with Crippen LogP contribution in [-0.2, 0) is 0 Å². The smallest absolute Gasteiger partial charge is 0.141 e. The third-order valence-electron chi connectivity index (χ3n) is 1.54. The van der Waals surface area contributed by atoms with Crippen molar-refractivity contribution in [3.63, 3.8) is 0 Å². The first kappa shape index (κ1) is 8.20. The molecule has 0 fully saturated rings. The lowest BCUT2D eigenvalue weighted by atomic mass is 10.3. The van der Waals surface area contributed by atoms with Crippen molar-refractivity contribution >= 4 is 0 Å². The fourth-order valence-corrected chi connectivity index (χ4v) is 0.881. The highest BCUT2D eigenvalue weighted by atomic mass is 15.2. The van der Waals surface area contributed by atoms with Crippen molar-refractivity contribution in [2.45, 2.75) is 26.3 Å². The van der Waals surface area contributed by atoms with Crippen LogP contribution in [0.5, 0.6) is 0 Å². The highest BCUT2D eigenvalue weighted by molar-refractivity contribution is 4.87. The highest BCUT2D eigenvalue weighted by Gasteiger charge is 2.04. The number of hydrogen-bond acceptors (Lipinski definition) is 3. The van der Waals surface area contributed by atoms with E-state index in [1.807, 2.05) is 0 Å². The molecule has 0 amide bonds. The molecule has 1 aromatic heterocycles. The molecule has 0 aliphatic carbocycles. The Morgan fingerprint density at radius 3 is 3.09 bits per heavy atom. The summed E-state index contributed by atoms with van der Waals surface area (Å²) >= 11 is 0. The second kappa shape index (κ2) is 4.08. The maximum atomic E-state index is 4.04. The Hall–Kier alpha value is -0.900. The first-order valence-corrected chi connectivity index (χ1v) is 3.93. The van der Waals surface area contributed by atoms with Gasteiger partial charge in [0.2, 0.25) is 0 Å². The van der Waals surface area contributed by atoms with Gasteiger partial charge in [-0.25, -0.2) is 4.98 Å². The molecular formula is C7H14N4. The molecule has 0 aliphatic rings. The first-order chi connectivity index (χ1) is 5.34. The summed E-state index contributed by atoms with van der Waals surface area (Å²) in [5, 5.41) is 9.90. The van der Waals surface area contributed by atoms with Crippen LogP contribution in [0.4, 0.5) is 0 Å². The van der Waals surface area contributed by atoms with Crippen LogP contribution in [0.15, 0.2) is 6.33 Å². The standard InChI is InChI=1S/C7H14N4/c1-3-4-8-6(2)7-9-5-10-11-7/h5-6,8H,3-4H2,1-2H3,(H,9,10,11). The van der Waals surface area contributed by atoms with Gasteiger partial charge in [-0.05, 0) is 19.9 Å². The Kier molecular flexibility index (Phi) is 3.04. The summed E-state index contributed by atoms with van der Waals surface area (Å²) in [5.74, 6) is 0.901. The van der Waals surface area contributed by atoms with Crippen LogP contribution >= 0.6 is 0 Å². The topological polar surface area (TPSA) is 53.6 Å². The van der Waals surface area contributed by atoms with Gasteiger partial charge >= 0.3 is 0 Å². The van der Waals surface area contributed by atoms with Crippen LogP contribution in [-0.4, -0.2) is 21.7 Å². The van der Waals surface area contributed by atoms with E-state index < -0.39 is 0 Å². The molecule has 0 aromatic carbocycles. The molecule has 0 radical (unpaired) electrons. The Labute approximate surface area is 66.4 Å². The van der Waals surface area contributed by atoms with Gasteiger partial charge in [-0.15, -0.1) is 0 Å². The zero-order valence-electron chi connectivity index (χ0n) is 6.96. The molecule has 4 heteroatoms. The lowest BCUT2D eigenvalue weighted by molar-refractivity contribution is 0.546. The van der Waals surface area contributed by atoms with E-state index in [0.717, 1.165) is 18.8 Å². The normalized spacial score (nSPS) is 13.3. The van der Waals surface area contributed by atoms with E-state index in [-0.39, 0.29) is 6.04 Å². The van der Waals surface area contributed by atoms with Gasteiger partial charge in [0.25, 0.3) is 0 Å². The monoisotopic (exact) mass is 154 g/mol. The van der Waals surface area contributed by atoms with Crippen molar-refractivity contribution in [1.82, 2.24) is 20.5 Å². The van der Waals surface area contributed by atoms with Crippen molar-refractivity contribution in [2.75, 3.05) is 6.54 Å². The summed E-state index contributed by atoms with van der Waals surface area (Å²) in [7, 11) is 0. The van der Waals surface area contributed by atoms with Gasteiger partial charge in [-0.3, -0.25) is 5.10 Å². The number of aromatic amines is 1. The third kappa shape index (κ3) is 2.31. The largest absolute Gasteiger partial charge is 0.308 e. The molecule has 11 heavy (non-hydrogen) atoms. The minimum atomic E-state index is 0.275. The molecule has 1 aromatic rings. The predicted octanol–water partition coefficient (Wildman–Crippen LogP) is 0.865. The fraction of sp³-hybridized carbons (Fsp3) is 0.714. The number of aromatic nitrogens is 3. The SMILES string of the molecule is CCCNC(C)c1ncn[nH]1. The summed E-state index contributed by atoms with van der Waals surface area (Å²) < 4.78 is 0. The van der Waals surface area contributed by atoms with Crippen molar-refractivity contribution in [3.05, 3.63) is 12.2 Å². The molecule has 62 valence electrons. The number of H-pyrrole nitrogens is 1. The molecule has 0 aliphatic heterocycles. The minimum absolute atomic E-state index is 0.275. The zero-order chi connectivity index (χ0) is 8.10. The Bertz CT molecular complexity index is 182. The number of nitrogens with zero attached hydrogens (tertiary/aromatic N) is 2.